The molecule has 0 amide bonds. The molecule has 0 saturated heterocycles. The molecular weight excluding hydrogens is 292 g/mol. The van der Waals surface area contributed by atoms with Crippen molar-refractivity contribution < 1.29 is 13.9 Å². The molecule has 0 fully saturated rings. The number of carbonyl (C=O) groups is 1. The lowest BCUT2D eigenvalue weighted by Gasteiger charge is -2.08. The molecular formula is C13H8Cl2FNO2. The van der Waals surface area contributed by atoms with Gasteiger partial charge in [0.25, 0.3) is 0 Å². The van der Waals surface area contributed by atoms with Crippen LogP contribution in [-0.4, -0.2) is 18.1 Å². The largest absolute Gasteiger partial charge is 0.464 e. The Bertz CT molecular complexity index is 647. The SMILES string of the molecule is COC(=O)c1nc(F)ccc1-c1ccc(Cl)c(Cl)c1. The first kappa shape index (κ1) is 13.8. The zero-order valence-corrected chi connectivity index (χ0v) is 11.3. The van der Waals surface area contributed by atoms with E-state index in [1.807, 2.05) is 0 Å². The van der Waals surface area contributed by atoms with E-state index in [9.17, 15) is 9.18 Å². The van der Waals surface area contributed by atoms with Gasteiger partial charge >= 0.3 is 5.97 Å². The number of rotatable bonds is 2. The lowest BCUT2D eigenvalue weighted by molar-refractivity contribution is 0.0593. The topological polar surface area (TPSA) is 39.2 Å². The first-order chi connectivity index (χ1) is 9.02. The zero-order valence-electron chi connectivity index (χ0n) is 9.78. The fourth-order valence-corrected chi connectivity index (χ4v) is 1.88. The van der Waals surface area contributed by atoms with Crippen LogP contribution in [0.3, 0.4) is 0 Å². The number of carbonyl (C=O) groups excluding carboxylic acids is 1. The van der Waals surface area contributed by atoms with Gasteiger partial charge in [-0.15, -0.1) is 0 Å². The van der Waals surface area contributed by atoms with Gasteiger partial charge in [0, 0.05) is 5.56 Å². The Hall–Kier alpha value is -1.65. The Kier molecular flexibility index (Phi) is 4.02. The summed E-state index contributed by atoms with van der Waals surface area (Å²) in [4.78, 5) is 15.2. The van der Waals surface area contributed by atoms with E-state index in [4.69, 9.17) is 23.2 Å². The normalized spacial score (nSPS) is 10.3. The summed E-state index contributed by atoms with van der Waals surface area (Å²) < 4.78 is 17.7. The molecule has 0 unspecified atom stereocenters. The second-order valence-electron chi connectivity index (χ2n) is 3.65. The number of esters is 1. The van der Waals surface area contributed by atoms with Crippen molar-refractivity contribution in [3.63, 3.8) is 0 Å². The molecule has 0 bridgehead atoms. The van der Waals surface area contributed by atoms with Gasteiger partial charge in [0.2, 0.25) is 5.95 Å². The second-order valence-corrected chi connectivity index (χ2v) is 4.47. The summed E-state index contributed by atoms with van der Waals surface area (Å²) in [6.45, 7) is 0. The van der Waals surface area contributed by atoms with Crippen LogP contribution in [0.25, 0.3) is 11.1 Å². The van der Waals surface area contributed by atoms with Crippen molar-refractivity contribution in [3.05, 3.63) is 52.0 Å². The van der Waals surface area contributed by atoms with Crippen molar-refractivity contribution in [2.75, 3.05) is 7.11 Å². The molecule has 0 atom stereocenters. The molecule has 3 nitrogen and oxygen atoms in total. The van der Waals surface area contributed by atoms with E-state index < -0.39 is 11.9 Å². The molecule has 1 aromatic heterocycles. The number of benzene rings is 1. The van der Waals surface area contributed by atoms with E-state index in [-0.39, 0.29) is 5.69 Å². The second kappa shape index (κ2) is 5.55. The van der Waals surface area contributed by atoms with E-state index in [0.29, 0.717) is 21.2 Å². The summed E-state index contributed by atoms with van der Waals surface area (Å²) in [6, 6.07) is 7.42. The maximum Gasteiger partial charge on any atom is 0.357 e. The molecule has 2 aromatic rings. The maximum absolute atomic E-state index is 13.1. The monoisotopic (exact) mass is 299 g/mol. The van der Waals surface area contributed by atoms with Crippen molar-refractivity contribution in [1.29, 1.82) is 0 Å². The Labute approximate surface area is 118 Å². The third-order valence-corrected chi connectivity index (χ3v) is 3.21. The lowest BCUT2D eigenvalue weighted by Crippen LogP contribution is -2.07. The van der Waals surface area contributed by atoms with E-state index in [2.05, 4.69) is 9.72 Å². The summed E-state index contributed by atoms with van der Waals surface area (Å²) in [7, 11) is 1.20. The molecule has 0 aliphatic heterocycles. The summed E-state index contributed by atoms with van der Waals surface area (Å²) in [5.74, 6) is -1.48. The number of methoxy groups -OCH3 is 1. The van der Waals surface area contributed by atoms with Crippen LogP contribution in [0, 0.1) is 5.95 Å². The van der Waals surface area contributed by atoms with E-state index in [1.54, 1.807) is 18.2 Å². The quantitative estimate of drug-likeness (QED) is 0.622. The first-order valence-corrected chi connectivity index (χ1v) is 5.99. The van der Waals surface area contributed by atoms with Gasteiger partial charge in [0.05, 0.1) is 17.2 Å². The minimum Gasteiger partial charge on any atom is -0.464 e. The van der Waals surface area contributed by atoms with Crippen LogP contribution in [0.4, 0.5) is 4.39 Å². The number of pyridine rings is 1. The van der Waals surface area contributed by atoms with Gasteiger partial charge in [-0.3, -0.25) is 0 Å². The predicted octanol–water partition coefficient (Wildman–Crippen LogP) is 3.98. The van der Waals surface area contributed by atoms with Gasteiger partial charge in [0.1, 0.15) is 0 Å². The summed E-state index contributed by atoms with van der Waals surface area (Å²) in [5, 5.41) is 0.722. The van der Waals surface area contributed by atoms with E-state index >= 15 is 0 Å². The number of ether oxygens (including phenoxy) is 1. The third-order valence-electron chi connectivity index (χ3n) is 2.47. The van der Waals surface area contributed by atoms with Crippen molar-refractivity contribution in [2.45, 2.75) is 0 Å². The number of hydrogen-bond acceptors (Lipinski definition) is 3. The zero-order chi connectivity index (χ0) is 14.0. The van der Waals surface area contributed by atoms with Crippen LogP contribution in [0.15, 0.2) is 30.3 Å². The number of hydrogen-bond donors (Lipinski definition) is 0. The summed E-state index contributed by atoms with van der Waals surface area (Å²) in [5.41, 5.74) is 0.912. The average molecular weight is 300 g/mol. The molecule has 6 heteroatoms. The highest BCUT2D eigenvalue weighted by Gasteiger charge is 2.17. The number of halogens is 3. The molecule has 0 aliphatic rings. The minimum absolute atomic E-state index is 0.110. The highest BCUT2D eigenvalue weighted by atomic mass is 35.5. The Morgan fingerprint density at radius 2 is 1.95 bits per heavy atom. The van der Waals surface area contributed by atoms with Crippen LogP contribution in [0.2, 0.25) is 10.0 Å². The van der Waals surface area contributed by atoms with Crippen molar-refractivity contribution in [1.82, 2.24) is 4.98 Å². The average Bonchev–Trinajstić information content (AvgIpc) is 2.41. The standard InChI is InChI=1S/C13H8Cl2FNO2/c1-19-13(18)12-8(3-5-11(16)17-12)7-2-4-9(14)10(15)6-7/h2-6H,1H3. The van der Waals surface area contributed by atoms with Gasteiger partial charge in [0.15, 0.2) is 5.69 Å². The Morgan fingerprint density at radius 1 is 1.21 bits per heavy atom. The van der Waals surface area contributed by atoms with Crippen molar-refractivity contribution in [2.24, 2.45) is 0 Å². The first-order valence-electron chi connectivity index (χ1n) is 5.23. The molecule has 98 valence electrons. The van der Waals surface area contributed by atoms with E-state index in [1.165, 1.54) is 13.2 Å². The van der Waals surface area contributed by atoms with Crippen LogP contribution in [-0.2, 0) is 4.74 Å². The minimum atomic E-state index is -0.760. The lowest BCUT2D eigenvalue weighted by atomic mass is 10.0. The fourth-order valence-electron chi connectivity index (χ4n) is 1.58. The van der Waals surface area contributed by atoms with Gasteiger partial charge in [-0.2, -0.15) is 4.39 Å². The summed E-state index contributed by atoms with van der Waals surface area (Å²) in [6.07, 6.45) is 0. The molecule has 2 rings (SSSR count). The Balaban J connectivity index is 2.61. The number of aromatic nitrogens is 1. The summed E-state index contributed by atoms with van der Waals surface area (Å²) >= 11 is 11.7. The molecule has 0 N–H and O–H groups in total. The highest BCUT2D eigenvalue weighted by molar-refractivity contribution is 6.42. The van der Waals surface area contributed by atoms with Crippen LogP contribution in [0.5, 0.6) is 0 Å². The Morgan fingerprint density at radius 3 is 2.58 bits per heavy atom. The number of nitrogens with zero attached hydrogens (tertiary/aromatic N) is 1. The van der Waals surface area contributed by atoms with Crippen molar-refractivity contribution in [3.8, 4) is 11.1 Å². The molecule has 1 heterocycles. The third kappa shape index (κ3) is 2.85. The van der Waals surface area contributed by atoms with Gasteiger partial charge in [-0.25, -0.2) is 9.78 Å². The van der Waals surface area contributed by atoms with Gasteiger partial charge in [-0.05, 0) is 29.8 Å². The van der Waals surface area contributed by atoms with Crippen LogP contribution >= 0.6 is 23.2 Å². The van der Waals surface area contributed by atoms with Crippen LogP contribution < -0.4 is 0 Å². The van der Waals surface area contributed by atoms with Gasteiger partial charge in [-0.1, -0.05) is 29.3 Å². The van der Waals surface area contributed by atoms with E-state index in [0.717, 1.165) is 6.07 Å². The predicted molar refractivity (Wildman–Crippen MR) is 71.0 cm³/mol. The molecule has 0 saturated carbocycles. The molecule has 19 heavy (non-hydrogen) atoms. The molecule has 1 aromatic carbocycles. The van der Waals surface area contributed by atoms with Gasteiger partial charge < -0.3 is 4.74 Å². The maximum atomic E-state index is 13.1. The molecule has 0 spiro atoms. The van der Waals surface area contributed by atoms with Crippen molar-refractivity contribution >= 4 is 29.2 Å². The fraction of sp³-hybridized carbons (Fsp3) is 0.0769. The molecule has 0 aliphatic carbocycles. The smallest absolute Gasteiger partial charge is 0.357 e. The molecule has 0 radical (unpaired) electrons. The van der Waals surface area contributed by atoms with Crippen LogP contribution in [0.1, 0.15) is 10.5 Å². The highest BCUT2D eigenvalue weighted by Crippen LogP contribution is 2.30.